The molecule has 4 heterocycles. The summed E-state index contributed by atoms with van der Waals surface area (Å²) in [5, 5.41) is 0.864. The van der Waals surface area contributed by atoms with E-state index in [4.69, 9.17) is 37.7 Å². The summed E-state index contributed by atoms with van der Waals surface area (Å²) in [6.45, 7) is 3.96. The SMILES string of the molecule is COc1ncc(-c2nc3c(n2C(C)C)[C@@H](c2ccc(Cl)cc2)N(c2cc(Cl)cn(C)c2=O)C3=O)c(OC)n1. The van der Waals surface area contributed by atoms with Crippen molar-refractivity contribution in [1.82, 2.24) is 24.1 Å². The lowest BCUT2D eigenvalue weighted by molar-refractivity contribution is 0.0989. The maximum Gasteiger partial charge on any atom is 0.319 e. The van der Waals surface area contributed by atoms with Crippen molar-refractivity contribution in [3.05, 3.63) is 80.1 Å². The average Bonchev–Trinajstić information content (AvgIpc) is 3.41. The van der Waals surface area contributed by atoms with Gasteiger partial charge in [0.15, 0.2) is 5.69 Å². The van der Waals surface area contributed by atoms with Crippen LogP contribution in [0.25, 0.3) is 11.4 Å². The number of carbonyl (C=O) groups excluding carboxylic acids is 1. The van der Waals surface area contributed by atoms with Gasteiger partial charge in [-0.15, -0.1) is 0 Å². The molecule has 1 aromatic carbocycles. The Balaban J connectivity index is 1.81. The predicted molar refractivity (Wildman–Crippen MR) is 144 cm³/mol. The van der Waals surface area contributed by atoms with Crippen molar-refractivity contribution in [2.24, 2.45) is 7.05 Å². The number of amides is 1. The van der Waals surface area contributed by atoms with Gasteiger partial charge in [0.25, 0.3) is 11.5 Å². The number of pyridine rings is 1. The van der Waals surface area contributed by atoms with Crippen molar-refractivity contribution < 1.29 is 14.3 Å². The first-order valence-corrected chi connectivity index (χ1v) is 12.4. The fourth-order valence-corrected chi connectivity index (χ4v) is 5.09. The lowest BCUT2D eigenvalue weighted by Gasteiger charge is -2.28. The molecule has 196 valence electrons. The zero-order valence-corrected chi connectivity index (χ0v) is 22.8. The molecule has 0 radical (unpaired) electrons. The second-order valence-electron chi connectivity index (χ2n) is 9.00. The van der Waals surface area contributed by atoms with Crippen LogP contribution in [0.2, 0.25) is 10.0 Å². The second-order valence-corrected chi connectivity index (χ2v) is 9.87. The van der Waals surface area contributed by atoms with Crippen LogP contribution >= 0.6 is 23.2 Å². The topological polar surface area (TPSA) is 104 Å². The summed E-state index contributed by atoms with van der Waals surface area (Å²) < 4.78 is 13.9. The van der Waals surface area contributed by atoms with Crippen LogP contribution in [0.1, 0.15) is 47.7 Å². The first-order valence-electron chi connectivity index (χ1n) is 11.7. The van der Waals surface area contributed by atoms with Crippen molar-refractivity contribution in [3.8, 4) is 23.3 Å². The van der Waals surface area contributed by atoms with Gasteiger partial charge in [0.05, 0.1) is 30.5 Å². The maximum absolute atomic E-state index is 14.0. The minimum atomic E-state index is -0.685. The number of hydrogen-bond donors (Lipinski definition) is 0. The number of rotatable bonds is 6. The summed E-state index contributed by atoms with van der Waals surface area (Å²) in [6, 6.07) is 7.94. The van der Waals surface area contributed by atoms with E-state index in [1.54, 1.807) is 25.4 Å². The van der Waals surface area contributed by atoms with Crippen LogP contribution in [0.3, 0.4) is 0 Å². The number of imidazole rings is 1. The van der Waals surface area contributed by atoms with E-state index in [1.807, 2.05) is 30.5 Å². The first kappa shape index (κ1) is 25.7. The van der Waals surface area contributed by atoms with Crippen molar-refractivity contribution in [3.63, 3.8) is 0 Å². The Morgan fingerprint density at radius 2 is 1.71 bits per heavy atom. The monoisotopic (exact) mass is 554 g/mol. The largest absolute Gasteiger partial charge is 0.480 e. The molecule has 4 aromatic rings. The van der Waals surface area contributed by atoms with E-state index in [1.165, 1.54) is 35.9 Å². The molecule has 38 heavy (non-hydrogen) atoms. The number of halogens is 2. The number of hydrogen-bond acceptors (Lipinski definition) is 7. The Hall–Kier alpha value is -3.89. The minimum absolute atomic E-state index is 0.138. The number of nitrogens with zero attached hydrogens (tertiary/aromatic N) is 6. The summed E-state index contributed by atoms with van der Waals surface area (Å²) in [5.41, 5.74) is 1.83. The van der Waals surface area contributed by atoms with Gasteiger partial charge in [-0.3, -0.25) is 14.5 Å². The Morgan fingerprint density at radius 1 is 1.00 bits per heavy atom. The van der Waals surface area contributed by atoms with E-state index < -0.39 is 11.9 Å². The number of fused-ring (bicyclic) bond motifs is 1. The summed E-state index contributed by atoms with van der Waals surface area (Å²) in [7, 11) is 4.53. The Morgan fingerprint density at radius 3 is 2.34 bits per heavy atom. The minimum Gasteiger partial charge on any atom is -0.480 e. The number of aryl methyl sites for hydroxylation is 1. The van der Waals surface area contributed by atoms with Crippen molar-refractivity contribution in [2.75, 3.05) is 19.1 Å². The highest BCUT2D eigenvalue weighted by molar-refractivity contribution is 6.31. The van der Waals surface area contributed by atoms with Gasteiger partial charge in [0.2, 0.25) is 5.88 Å². The van der Waals surface area contributed by atoms with Crippen LogP contribution in [-0.4, -0.2) is 44.2 Å². The Bertz CT molecular complexity index is 1610. The molecule has 3 aromatic heterocycles. The second kappa shape index (κ2) is 9.77. The molecule has 5 rings (SSSR count). The third-order valence-electron chi connectivity index (χ3n) is 6.33. The molecule has 0 spiro atoms. The Kier molecular flexibility index (Phi) is 6.62. The fourth-order valence-electron chi connectivity index (χ4n) is 4.72. The fraction of sp³-hybridized carbons (Fsp3) is 0.269. The smallest absolute Gasteiger partial charge is 0.319 e. The lowest BCUT2D eigenvalue weighted by Crippen LogP contribution is -2.36. The van der Waals surface area contributed by atoms with Crippen LogP contribution in [0.5, 0.6) is 11.9 Å². The number of ether oxygens (including phenoxy) is 2. The molecule has 10 nitrogen and oxygen atoms in total. The van der Waals surface area contributed by atoms with Gasteiger partial charge in [-0.25, -0.2) is 9.97 Å². The van der Waals surface area contributed by atoms with Crippen LogP contribution < -0.4 is 19.9 Å². The Labute approximate surface area is 228 Å². The van der Waals surface area contributed by atoms with Crippen LogP contribution in [0, 0.1) is 0 Å². The number of carbonyl (C=O) groups is 1. The number of anilines is 1. The molecule has 12 heteroatoms. The van der Waals surface area contributed by atoms with Gasteiger partial charge in [-0.1, -0.05) is 35.3 Å². The zero-order chi connectivity index (χ0) is 27.3. The van der Waals surface area contributed by atoms with E-state index in [-0.39, 0.29) is 34.9 Å². The molecule has 1 atom stereocenters. The van der Waals surface area contributed by atoms with Crippen LogP contribution in [0.15, 0.2) is 47.5 Å². The van der Waals surface area contributed by atoms with Gasteiger partial charge in [-0.2, -0.15) is 4.98 Å². The van der Waals surface area contributed by atoms with Gasteiger partial charge in [-0.05, 0) is 37.6 Å². The molecule has 0 unspecified atom stereocenters. The number of benzene rings is 1. The molecule has 0 saturated heterocycles. The van der Waals surface area contributed by atoms with E-state index in [0.29, 0.717) is 27.1 Å². The molecule has 0 fully saturated rings. The summed E-state index contributed by atoms with van der Waals surface area (Å²) in [5.74, 6) is 0.266. The molecule has 0 bridgehead atoms. The third kappa shape index (κ3) is 4.10. The molecular weight excluding hydrogens is 531 g/mol. The predicted octanol–water partition coefficient (Wildman–Crippen LogP) is 4.69. The highest BCUT2D eigenvalue weighted by Crippen LogP contribution is 2.45. The highest BCUT2D eigenvalue weighted by Gasteiger charge is 2.46. The quantitative estimate of drug-likeness (QED) is 0.340. The molecule has 0 saturated carbocycles. The third-order valence-corrected chi connectivity index (χ3v) is 6.79. The van der Waals surface area contributed by atoms with Gasteiger partial charge in [0.1, 0.15) is 17.6 Å². The summed E-state index contributed by atoms with van der Waals surface area (Å²) >= 11 is 12.5. The lowest BCUT2D eigenvalue weighted by atomic mass is 10.0. The van der Waals surface area contributed by atoms with Gasteiger partial charge < -0.3 is 18.6 Å². The summed E-state index contributed by atoms with van der Waals surface area (Å²) in [4.78, 5) is 42.0. The molecular formula is C26H24Cl2N6O4. The highest BCUT2D eigenvalue weighted by atomic mass is 35.5. The molecule has 1 aliphatic rings. The van der Waals surface area contributed by atoms with Gasteiger partial charge in [0, 0.05) is 30.5 Å². The molecule has 0 N–H and O–H groups in total. The normalized spacial score (nSPS) is 14.8. The number of aromatic nitrogens is 5. The van der Waals surface area contributed by atoms with E-state index in [2.05, 4.69) is 9.97 Å². The average molecular weight is 555 g/mol. The van der Waals surface area contributed by atoms with E-state index in [9.17, 15) is 9.59 Å². The number of methoxy groups -OCH3 is 2. The molecule has 1 amide bonds. The van der Waals surface area contributed by atoms with Crippen molar-refractivity contribution in [2.45, 2.75) is 25.9 Å². The maximum atomic E-state index is 14.0. The molecule has 1 aliphatic heterocycles. The molecule has 0 aliphatic carbocycles. The van der Waals surface area contributed by atoms with Crippen LogP contribution in [0.4, 0.5) is 5.69 Å². The van der Waals surface area contributed by atoms with E-state index >= 15 is 0 Å². The standard InChI is InChI=1S/C26H24Cl2N6O4/c1-13(2)33-21-19(30-22(33)17-11-29-26(38-5)31-23(17)37-4)25(36)34(18-10-16(28)12-32(3)24(18)35)20(21)14-6-8-15(27)9-7-14/h6-13,20H,1-5H3/t20-/m1/s1. The summed E-state index contributed by atoms with van der Waals surface area (Å²) in [6.07, 6.45) is 3.05. The van der Waals surface area contributed by atoms with Crippen molar-refractivity contribution >= 4 is 34.8 Å². The van der Waals surface area contributed by atoms with Gasteiger partial charge >= 0.3 is 6.01 Å². The van der Waals surface area contributed by atoms with E-state index in [0.717, 1.165) is 5.56 Å². The van der Waals surface area contributed by atoms with Crippen molar-refractivity contribution in [1.29, 1.82) is 0 Å². The van der Waals surface area contributed by atoms with Crippen LogP contribution in [-0.2, 0) is 7.05 Å². The first-order chi connectivity index (χ1) is 18.2. The zero-order valence-electron chi connectivity index (χ0n) is 21.3.